The molecule has 1 aromatic rings. The number of carbonyl (C=O) groups is 1. The average Bonchev–Trinajstić information content (AvgIpc) is 2.29. The van der Waals surface area contributed by atoms with Crippen LogP contribution in [0.2, 0.25) is 0 Å². The zero-order valence-corrected chi connectivity index (χ0v) is 11.1. The second kappa shape index (κ2) is 5.60. The Balaban J connectivity index is 2.76. The quantitative estimate of drug-likeness (QED) is 0.712. The predicted molar refractivity (Wildman–Crippen MR) is 69.2 cm³/mol. The van der Waals surface area contributed by atoms with E-state index < -0.39 is 5.54 Å². The van der Waals surface area contributed by atoms with E-state index in [1.165, 1.54) is 0 Å². The Hall–Kier alpha value is -0.660. The van der Waals surface area contributed by atoms with E-state index in [-0.39, 0.29) is 19.1 Å². The molecule has 0 heterocycles. The Bertz CT molecular complexity index is 360. The van der Waals surface area contributed by atoms with Crippen LogP contribution in [0.5, 0.6) is 0 Å². The fourth-order valence-electron chi connectivity index (χ4n) is 1.08. The fourth-order valence-corrected chi connectivity index (χ4v) is 1.44. The van der Waals surface area contributed by atoms with Crippen LogP contribution in [0.3, 0.4) is 0 Å². The van der Waals surface area contributed by atoms with E-state index in [9.17, 15) is 4.79 Å². The number of halogens is 1. The van der Waals surface area contributed by atoms with Gasteiger partial charge in [-0.2, -0.15) is 0 Å². The average molecular weight is 335 g/mol. The normalized spacial score (nSPS) is 11.2. The van der Waals surface area contributed by atoms with Crippen LogP contribution in [0.25, 0.3) is 0 Å². The molecule has 0 fully saturated rings. The van der Waals surface area contributed by atoms with Gasteiger partial charge in [-0.3, -0.25) is 4.79 Å². The summed E-state index contributed by atoms with van der Waals surface area (Å²) in [6.07, 6.45) is 0. The number of benzene rings is 1. The van der Waals surface area contributed by atoms with Crippen LogP contribution < -0.4 is 5.32 Å². The highest BCUT2D eigenvalue weighted by Gasteiger charge is 2.24. The lowest BCUT2D eigenvalue weighted by atomic mass is 10.0. The van der Waals surface area contributed by atoms with Crippen molar-refractivity contribution in [2.75, 3.05) is 13.2 Å². The molecular formula is C11H14INO3. The summed E-state index contributed by atoms with van der Waals surface area (Å²) in [5.41, 5.74) is -0.478. The van der Waals surface area contributed by atoms with Gasteiger partial charge < -0.3 is 15.5 Å². The van der Waals surface area contributed by atoms with E-state index in [1.807, 2.05) is 12.1 Å². The lowest BCUT2D eigenvalue weighted by Gasteiger charge is -2.26. The van der Waals surface area contributed by atoms with Crippen LogP contribution in [0.15, 0.2) is 24.3 Å². The number of nitrogens with one attached hydrogen (secondary N) is 1. The van der Waals surface area contributed by atoms with Gasteiger partial charge in [0, 0.05) is 9.13 Å². The molecular weight excluding hydrogens is 321 g/mol. The van der Waals surface area contributed by atoms with E-state index >= 15 is 0 Å². The van der Waals surface area contributed by atoms with Crippen molar-refractivity contribution in [3.05, 3.63) is 33.4 Å². The van der Waals surface area contributed by atoms with Crippen molar-refractivity contribution in [1.29, 1.82) is 0 Å². The smallest absolute Gasteiger partial charge is 0.251 e. The summed E-state index contributed by atoms with van der Waals surface area (Å²) in [5.74, 6) is -0.304. The Kier molecular flexibility index (Phi) is 4.69. The van der Waals surface area contributed by atoms with Crippen molar-refractivity contribution in [1.82, 2.24) is 5.32 Å². The van der Waals surface area contributed by atoms with Gasteiger partial charge in [0.2, 0.25) is 0 Å². The zero-order valence-electron chi connectivity index (χ0n) is 8.90. The topological polar surface area (TPSA) is 69.6 Å². The minimum Gasteiger partial charge on any atom is -0.394 e. The molecule has 1 amide bonds. The van der Waals surface area contributed by atoms with Crippen LogP contribution in [-0.4, -0.2) is 34.9 Å². The number of carbonyl (C=O) groups excluding carboxylic acids is 1. The highest BCUT2D eigenvalue weighted by molar-refractivity contribution is 14.1. The van der Waals surface area contributed by atoms with Gasteiger partial charge >= 0.3 is 0 Å². The van der Waals surface area contributed by atoms with Gasteiger partial charge in [0.25, 0.3) is 5.91 Å². The molecule has 1 aromatic carbocycles. The molecule has 0 bridgehead atoms. The summed E-state index contributed by atoms with van der Waals surface area (Å²) in [5, 5.41) is 20.7. The third-order valence-electron chi connectivity index (χ3n) is 2.22. The Morgan fingerprint density at radius 3 is 2.25 bits per heavy atom. The molecule has 5 heteroatoms. The third-order valence-corrected chi connectivity index (χ3v) is 2.94. The van der Waals surface area contributed by atoms with Crippen molar-refractivity contribution in [3.8, 4) is 0 Å². The lowest BCUT2D eigenvalue weighted by molar-refractivity contribution is 0.0724. The molecule has 0 saturated carbocycles. The molecule has 3 N–H and O–H groups in total. The van der Waals surface area contributed by atoms with Crippen LogP contribution in [-0.2, 0) is 0 Å². The Morgan fingerprint density at radius 1 is 1.31 bits per heavy atom. The van der Waals surface area contributed by atoms with Gasteiger partial charge in [-0.15, -0.1) is 0 Å². The number of amides is 1. The van der Waals surface area contributed by atoms with E-state index in [0.717, 1.165) is 3.57 Å². The van der Waals surface area contributed by atoms with Gasteiger partial charge in [0.1, 0.15) is 0 Å². The molecule has 1 rings (SSSR count). The maximum absolute atomic E-state index is 11.8. The van der Waals surface area contributed by atoms with Crippen LogP contribution in [0.1, 0.15) is 17.3 Å². The molecule has 0 atom stereocenters. The second-order valence-electron chi connectivity index (χ2n) is 3.84. The summed E-state index contributed by atoms with van der Waals surface area (Å²) < 4.78 is 1.04. The number of hydrogen-bond donors (Lipinski definition) is 3. The molecule has 0 unspecified atom stereocenters. The van der Waals surface area contributed by atoms with Crippen molar-refractivity contribution in [2.24, 2.45) is 0 Å². The number of aliphatic hydroxyl groups is 2. The summed E-state index contributed by atoms with van der Waals surface area (Å²) in [6, 6.07) is 7.05. The molecule has 0 spiro atoms. The van der Waals surface area contributed by atoms with Gasteiger partial charge in [-0.05, 0) is 53.8 Å². The molecule has 0 aliphatic carbocycles. The minimum absolute atomic E-state index is 0.304. The summed E-state index contributed by atoms with van der Waals surface area (Å²) in [6.45, 7) is 0.969. The van der Waals surface area contributed by atoms with Crippen LogP contribution in [0.4, 0.5) is 0 Å². The largest absolute Gasteiger partial charge is 0.394 e. The first-order chi connectivity index (χ1) is 7.50. The highest BCUT2D eigenvalue weighted by Crippen LogP contribution is 2.09. The molecule has 0 aliphatic heterocycles. The molecule has 0 aliphatic rings. The molecule has 0 radical (unpaired) electrons. The van der Waals surface area contributed by atoms with Gasteiger partial charge in [-0.25, -0.2) is 0 Å². The van der Waals surface area contributed by atoms with E-state index in [2.05, 4.69) is 27.9 Å². The van der Waals surface area contributed by atoms with E-state index in [4.69, 9.17) is 10.2 Å². The zero-order chi connectivity index (χ0) is 12.2. The molecule has 0 aromatic heterocycles. The maximum Gasteiger partial charge on any atom is 0.251 e. The van der Waals surface area contributed by atoms with Gasteiger partial charge in [0.05, 0.1) is 18.8 Å². The van der Waals surface area contributed by atoms with E-state index in [1.54, 1.807) is 19.1 Å². The van der Waals surface area contributed by atoms with Crippen molar-refractivity contribution in [2.45, 2.75) is 12.5 Å². The van der Waals surface area contributed by atoms with Gasteiger partial charge in [-0.1, -0.05) is 0 Å². The first-order valence-electron chi connectivity index (χ1n) is 4.80. The second-order valence-corrected chi connectivity index (χ2v) is 5.08. The lowest BCUT2D eigenvalue weighted by Crippen LogP contribution is -2.51. The molecule has 0 saturated heterocycles. The van der Waals surface area contributed by atoms with E-state index in [0.29, 0.717) is 5.56 Å². The minimum atomic E-state index is -0.986. The predicted octanol–water partition coefficient (Wildman–Crippen LogP) is 0.764. The third kappa shape index (κ3) is 3.43. The number of aliphatic hydroxyl groups excluding tert-OH is 2. The van der Waals surface area contributed by atoms with Crippen molar-refractivity contribution in [3.63, 3.8) is 0 Å². The van der Waals surface area contributed by atoms with Gasteiger partial charge in [0.15, 0.2) is 0 Å². The molecule has 4 nitrogen and oxygen atoms in total. The molecule has 16 heavy (non-hydrogen) atoms. The number of rotatable bonds is 4. The number of hydrogen-bond acceptors (Lipinski definition) is 3. The summed E-state index contributed by atoms with van der Waals surface area (Å²) >= 11 is 2.15. The summed E-state index contributed by atoms with van der Waals surface area (Å²) in [7, 11) is 0. The monoisotopic (exact) mass is 335 g/mol. The fraction of sp³-hybridized carbons (Fsp3) is 0.364. The maximum atomic E-state index is 11.8. The van der Waals surface area contributed by atoms with Crippen molar-refractivity contribution < 1.29 is 15.0 Å². The summed E-state index contributed by atoms with van der Waals surface area (Å²) in [4.78, 5) is 11.8. The standard InChI is InChI=1S/C11H14INO3/c1-11(6-14,7-15)13-10(16)8-2-4-9(12)5-3-8/h2-5,14-15H,6-7H2,1H3,(H,13,16). The Morgan fingerprint density at radius 2 is 1.81 bits per heavy atom. The first kappa shape index (κ1) is 13.4. The van der Waals surface area contributed by atoms with Crippen LogP contribution >= 0.6 is 22.6 Å². The first-order valence-corrected chi connectivity index (χ1v) is 5.88. The SMILES string of the molecule is CC(CO)(CO)NC(=O)c1ccc(I)cc1. The van der Waals surface area contributed by atoms with Crippen LogP contribution in [0, 0.1) is 3.57 Å². The highest BCUT2D eigenvalue weighted by atomic mass is 127. The molecule has 88 valence electrons. The Labute approximate surface area is 108 Å². The van der Waals surface area contributed by atoms with Crippen molar-refractivity contribution >= 4 is 28.5 Å².